The van der Waals surface area contributed by atoms with Crippen molar-refractivity contribution in [2.24, 2.45) is 0 Å². The third-order valence-corrected chi connectivity index (χ3v) is 6.35. The van der Waals surface area contributed by atoms with Crippen LogP contribution in [0.5, 0.6) is 0 Å². The summed E-state index contributed by atoms with van der Waals surface area (Å²) in [5.41, 5.74) is 3.63. The number of carbonyl (C=O) groups excluding carboxylic acids is 1. The molecule has 31 heavy (non-hydrogen) atoms. The fourth-order valence-corrected chi connectivity index (χ4v) is 4.31. The van der Waals surface area contributed by atoms with Gasteiger partial charge in [-0.1, -0.05) is 13.8 Å². The highest BCUT2D eigenvalue weighted by Gasteiger charge is 2.31. The van der Waals surface area contributed by atoms with E-state index in [9.17, 15) is 9.90 Å². The number of nitrogens with one attached hydrogen (secondary N) is 1. The summed E-state index contributed by atoms with van der Waals surface area (Å²) >= 11 is 0. The maximum absolute atomic E-state index is 12.8. The van der Waals surface area contributed by atoms with E-state index in [1.807, 2.05) is 24.4 Å². The number of aliphatic hydroxyl groups is 1. The van der Waals surface area contributed by atoms with Gasteiger partial charge in [0.15, 0.2) is 5.65 Å². The van der Waals surface area contributed by atoms with Crippen molar-refractivity contribution in [2.45, 2.75) is 57.7 Å². The van der Waals surface area contributed by atoms with Crippen molar-refractivity contribution in [1.29, 1.82) is 0 Å². The van der Waals surface area contributed by atoms with Gasteiger partial charge < -0.3 is 15.0 Å². The van der Waals surface area contributed by atoms with Gasteiger partial charge in [0.05, 0.1) is 24.0 Å². The number of amides is 1. The first-order chi connectivity index (χ1) is 15.1. The molecule has 0 radical (unpaired) electrons. The largest absolute Gasteiger partial charge is 0.391 e. The van der Waals surface area contributed by atoms with Gasteiger partial charge in [-0.05, 0) is 49.9 Å². The van der Waals surface area contributed by atoms with E-state index >= 15 is 0 Å². The van der Waals surface area contributed by atoms with E-state index in [-0.39, 0.29) is 11.9 Å². The Kier molecular flexibility index (Phi) is 4.94. The van der Waals surface area contributed by atoms with Gasteiger partial charge in [-0.25, -0.2) is 14.5 Å². The zero-order valence-corrected chi connectivity index (χ0v) is 17.7. The first kappa shape index (κ1) is 19.7. The van der Waals surface area contributed by atoms with Crippen LogP contribution in [-0.2, 0) is 0 Å². The molecule has 5 rings (SSSR count). The molecule has 4 heterocycles. The van der Waals surface area contributed by atoms with Gasteiger partial charge in [-0.15, -0.1) is 0 Å². The summed E-state index contributed by atoms with van der Waals surface area (Å²) in [6.45, 7) is 4.37. The monoisotopic (exact) mass is 418 g/mol. The summed E-state index contributed by atoms with van der Waals surface area (Å²) in [5, 5.41) is 18.5. The van der Waals surface area contributed by atoms with E-state index in [4.69, 9.17) is 5.10 Å². The number of rotatable bonds is 6. The highest BCUT2D eigenvalue weighted by molar-refractivity contribution is 5.94. The molecule has 160 valence electrons. The number of aliphatic hydroxyl groups excluding tert-OH is 1. The number of hydrogen-bond donors (Lipinski definition) is 2. The summed E-state index contributed by atoms with van der Waals surface area (Å²) in [4.78, 5) is 21.7. The average molecular weight is 419 g/mol. The molecule has 4 aromatic heterocycles. The maximum atomic E-state index is 12.8. The number of aromatic nitrogens is 5. The third-order valence-electron chi connectivity index (χ3n) is 6.35. The molecule has 2 N–H and O–H groups in total. The summed E-state index contributed by atoms with van der Waals surface area (Å²) < 4.78 is 3.81. The van der Waals surface area contributed by atoms with Crippen LogP contribution in [0.1, 0.15) is 56.1 Å². The number of nitrogens with zero attached hydrogens (tertiary/aromatic N) is 5. The highest BCUT2D eigenvalue weighted by Crippen LogP contribution is 2.32. The van der Waals surface area contributed by atoms with Gasteiger partial charge in [0, 0.05) is 29.4 Å². The van der Waals surface area contributed by atoms with Crippen LogP contribution in [0.15, 0.2) is 42.9 Å². The Morgan fingerprint density at radius 1 is 1.23 bits per heavy atom. The van der Waals surface area contributed by atoms with Crippen LogP contribution >= 0.6 is 0 Å². The number of hydrogen-bond acceptors (Lipinski definition) is 5. The summed E-state index contributed by atoms with van der Waals surface area (Å²) in [5.74, 6) is -0.276. The van der Waals surface area contributed by atoms with Gasteiger partial charge in [0.1, 0.15) is 11.3 Å². The molecule has 8 nitrogen and oxygen atoms in total. The lowest BCUT2D eigenvalue weighted by Crippen LogP contribution is -2.50. The number of carbonyl (C=O) groups is 1. The molecule has 1 fully saturated rings. The Bertz CT molecular complexity index is 1260. The van der Waals surface area contributed by atoms with Crippen LogP contribution in [0.25, 0.3) is 27.9 Å². The van der Waals surface area contributed by atoms with E-state index in [0.717, 1.165) is 48.0 Å². The second kappa shape index (κ2) is 7.77. The Morgan fingerprint density at radius 3 is 2.77 bits per heavy atom. The molecule has 0 aromatic carbocycles. The molecule has 0 aliphatic heterocycles. The molecular formula is C23H26N6O2. The highest BCUT2D eigenvalue weighted by atomic mass is 16.3. The zero-order chi connectivity index (χ0) is 21.5. The van der Waals surface area contributed by atoms with E-state index in [1.54, 1.807) is 4.52 Å². The lowest BCUT2D eigenvalue weighted by molar-refractivity contribution is 0.0445. The van der Waals surface area contributed by atoms with E-state index < -0.39 is 6.10 Å². The smallest absolute Gasteiger partial charge is 0.271 e. The molecule has 0 spiro atoms. The molecule has 0 unspecified atom stereocenters. The van der Waals surface area contributed by atoms with Crippen molar-refractivity contribution in [1.82, 2.24) is 29.5 Å². The first-order valence-electron chi connectivity index (χ1n) is 10.9. The minimum atomic E-state index is -0.477. The molecule has 2 atom stereocenters. The van der Waals surface area contributed by atoms with Gasteiger partial charge in [-0.2, -0.15) is 5.10 Å². The van der Waals surface area contributed by atoms with Crippen molar-refractivity contribution in [3.63, 3.8) is 0 Å². The normalized spacial score (nSPS) is 18.6. The second-order valence-corrected chi connectivity index (χ2v) is 8.15. The summed E-state index contributed by atoms with van der Waals surface area (Å²) in [6, 6.07) is 7.94. The zero-order valence-electron chi connectivity index (χ0n) is 17.7. The Labute approximate surface area is 179 Å². The van der Waals surface area contributed by atoms with Crippen LogP contribution in [0.4, 0.5) is 0 Å². The van der Waals surface area contributed by atoms with Crippen LogP contribution < -0.4 is 5.32 Å². The quantitative estimate of drug-likeness (QED) is 0.500. The Morgan fingerprint density at radius 2 is 2.06 bits per heavy atom. The molecule has 1 aliphatic carbocycles. The predicted molar refractivity (Wildman–Crippen MR) is 118 cm³/mol. The number of imidazole rings is 1. The fourth-order valence-electron chi connectivity index (χ4n) is 4.31. The van der Waals surface area contributed by atoms with Gasteiger partial charge in [0.2, 0.25) is 0 Å². The van der Waals surface area contributed by atoms with Crippen molar-refractivity contribution < 1.29 is 9.90 Å². The topological polar surface area (TPSA) is 97.3 Å². The standard InChI is InChI=1S/C23H26N6O2/c1-3-14(4-2)28-13-16(15-6-5-11-24-22(15)28)17-8-10-21-25-12-19(29(21)27-17)23(31)26-18-7-9-20(18)30/h5-6,8,10-14,18,20,30H,3-4,7,9H2,1-2H3,(H,26,31)/t18-,20+/m0/s1. The molecule has 4 aromatic rings. The second-order valence-electron chi connectivity index (χ2n) is 8.15. The fraction of sp³-hybridized carbons (Fsp3) is 0.391. The summed E-state index contributed by atoms with van der Waals surface area (Å²) in [7, 11) is 0. The van der Waals surface area contributed by atoms with Gasteiger partial charge >= 0.3 is 0 Å². The van der Waals surface area contributed by atoms with Crippen LogP contribution in [0, 0.1) is 0 Å². The molecule has 1 aliphatic rings. The van der Waals surface area contributed by atoms with E-state index in [1.165, 1.54) is 6.20 Å². The Balaban J connectivity index is 1.58. The molecule has 8 heteroatoms. The van der Waals surface area contributed by atoms with Gasteiger partial charge in [-0.3, -0.25) is 4.79 Å². The molecule has 0 bridgehead atoms. The maximum Gasteiger partial charge on any atom is 0.271 e. The minimum absolute atomic E-state index is 0.203. The van der Waals surface area contributed by atoms with Crippen LogP contribution in [-0.4, -0.2) is 47.3 Å². The van der Waals surface area contributed by atoms with E-state index in [2.05, 4.69) is 46.0 Å². The number of pyridine rings is 1. The molecular weight excluding hydrogens is 392 g/mol. The number of fused-ring (bicyclic) bond motifs is 2. The third kappa shape index (κ3) is 3.27. The average Bonchev–Trinajstić information content (AvgIpc) is 3.39. The summed E-state index contributed by atoms with van der Waals surface area (Å²) in [6.07, 6.45) is 8.51. The van der Waals surface area contributed by atoms with E-state index in [0.29, 0.717) is 17.4 Å². The van der Waals surface area contributed by atoms with Crippen LogP contribution in [0.3, 0.4) is 0 Å². The SMILES string of the molecule is CCC(CC)n1cc(-c2ccc3ncc(C(=O)N[C@H]4CC[C@H]4O)n3n2)c2cccnc21. The van der Waals surface area contributed by atoms with Gasteiger partial charge in [0.25, 0.3) is 5.91 Å². The Hall–Kier alpha value is -3.26. The molecule has 0 saturated heterocycles. The lowest BCUT2D eigenvalue weighted by atomic mass is 9.89. The predicted octanol–water partition coefficient (Wildman–Crippen LogP) is 3.36. The van der Waals surface area contributed by atoms with Crippen molar-refractivity contribution in [2.75, 3.05) is 0 Å². The lowest BCUT2D eigenvalue weighted by Gasteiger charge is -2.32. The molecule has 1 saturated carbocycles. The van der Waals surface area contributed by atoms with Crippen molar-refractivity contribution in [3.05, 3.63) is 48.5 Å². The minimum Gasteiger partial charge on any atom is -0.391 e. The van der Waals surface area contributed by atoms with Crippen LogP contribution in [0.2, 0.25) is 0 Å². The van der Waals surface area contributed by atoms with Crippen molar-refractivity contribution >= 4 is 22.6 Å². The molecule has 1 amide bonds. The van der Waals surface area contributed by atoms with Crippen molar-refractivity contribution in [3.8, 4) is 11.3 Å². The first-order valence-corrected chi connectivity index (χ1v) is 10.9.